The van der Waals surface area contributed by atoms with Gasteiger partial charge in [-0.05, 0) is 38.7 Å². The molecule has 1 aromatic rings. The summed E-state index contributed by atoms with van der Waals surface area (Å²) < 4.78 is 14.0. The van der Waals surface area contributed by atoms with Crippen LogP contribution in [-0.2, 0) is 4.79 Å². The number of rotatable bonds is 3. The quantitative estimate of drug-likeness (QED) is 0.907. The largest absolute Gasteiger partial charge is 0.318 e. The van der Waals surface area contributed by atoms with Crippen LogP contribution in [0.3, 0.4) is 0 Å². The molecule has 2 fully saturated rings. The third-order valence-electron chi connectivity index (χ3n) is 4.25. The topological polar surface area (TPSA) is 32.3 Å². The maximum atomic E-state index is 14.0. The van der Waals surface area contributed by atoms with Gasteiger partial charge in [0.1, 0.15) is 12.0 Å². The van der Waals surface area contributed by atoms with Gasteiger partial charge in [0, 0.05) is 11.6 Å². The Balaban J connectivity index is 1.94. The van der Waals surface area contributed by atoms with Crippen LogP contribution in [0.2, 0.25) is 0 Å². The molecule has 1 aliphatic carbocycles. The lowest BCUT2D eigenvalue weighted by atomic mass is 10.1. The second-order valence-electron chi connectivity index (χ2n) is 5.64. The van der Waals surface area contributed by atoms with Gasteiger partial charge in [0.15, 0.2) is 0 Å². The fourth-order valence-electron chi connectivity index (χ4n) is 2.92. The van der Waals surface area contributed by atoms with E-state index in [4.69, 9.17) is 0 Å². The van der Waals surface area contributed by atoms with E-state index >= 15 is 0 Å². The zero-order valence-corrected chi connectivity index (χ0v) is 11.3. The van der Waals surface area contributed by atoms with Crippen LogP contribution in [0.1, 0.15) is 38.4 Å². The second kappa shape index (κ2) is 4.60. The smallest absolute Gasteiger partial charge is 0.241 e. The first-order valence-corrected chi connectivity index (χ1v) is 6.92. The van der Waals surface area contributed by atoms with E-state index in [1.54, 1.807) is 12.1 Å². The molecule has 0 spiro atoms. The summed E-state index contributed by atoms with van der Waals surface area (Å²) in [5.41, 5.74) is 0.563. The monoisotopic (exact) mass is 262 g/mol. The van der Waals surface area contributed by atoms with Crippen LogP contribution in [0.4, 0.5) is 4.39 Å². The number of nitrogens with one attached hydrogen (secondary N) is 1. The fourth-order valence-corrected chi connectivity index (χ4v) is 2.92. The molecule has 1 aromatic carbocycles. The number of halogens is 1. The summed E-state index contributed by atoms with van der Waals surface area (Å²) in [4.78, 5) is 14.1. The normalized spacial score (nSPS) is 28.8. The average molecular weight is 262 g/mol. The Kier molecular flexibility index (Phi) is 3.05. The van der Waals surface area contributed by atoms with Crippen LogP contribution in [0, 0.1) is 11.7 Å². The zero-order valence-electron chi connectivity index (χ0n) is 11.3. The van der Waals surface area contributed by atoms with Gasteiger partial charge in [0.25, 0.3) is 0 Å². The summed E-state index contributed by atoms with van der Waals surface area (Å²) in [6.45, 7) is 3.92. The number of carbonyl (C=O) groups is 1. The average Bonchev–Trinajstić information content (AvgIpc) is 3.18. The highest BCUT2D eigenvalue weighted by molar-refractivity contribution is 5.84. The van der Waals surface area contributed by atoms with E-state index in [0.717, 1.165) is 0 Å². The first kappa shape index (κ1) is 12.6. The molecule has 1 heterocycles. The Labute approximate surface area is 112 Å². The highest BCUT2D eigenvalue weighted by Gasteiger charge is 2.44. The lowest BCUT2D eigenvalue weighted by Gasteiger charge is -2.31. The van der Waals surface area contributed by atoms with E-state index in [2.05, 4.69) is 12.2 Å². The van der Waals surface area contributed by atoms with Crippen LogP contribution in [-0.4, -0.2) is 22.9 Å². The molecule has 102 valence electrons. The lowest BCUT2D eigenvalue weighted by molar-refractivity contribution is -0.132. The van der Waals surface area contributed by atoms with Crippen LogP contribution < -0.4 is 5.32 Å². The van der Waals surface area contributed by atoms with Gasteiger partial charge in [-0.2, -0.15) is 0 Å². The predicted octanol–water partition coefficient (Wildman–Crippen LogP) is 2.44. The van der Waals surface area contributed by atoms with Crippen LogP contribution in [0.5, 0.6) is 0 Å². The van der Waals surface area contributed by atoms with Crippen molar-refractivity contribution in [2.75, 3.05) is 0 Å². The SMILES string of the molecule is CC1NC(c2ccccc2F)N(C(C)C2CC2)C1=O. The number of carbonyl (C=O) groups excluding carboxylic acids is 1. The van der Waals surface area contributed by atoms with Gasteiger partial charge in [-0.25, -0.2) is 4.39 Å². The van der Waals surface area contributed by atoms with Crippen molar-refractivity contribution in [1.82, 2.24) is 10.2 Å². The van der Waals surface area contributed by atoms with E-state index in [0.29, 0.717) is 11.5 Å². The van der Waals surface area contributed by atoms with Crippen molar-refractivity contribution in [1.29, 1.82) is 0 Å². The third kappa shape index (κ3) is 2.14. The summed E-state index contributed by atoms with van der Waals surface area (Å²) in [7, 11) is 0. The molecule has 2 aliphatic rings. The first-order chi connectivity index (χ1) is 9.09. The molecule has 3 unspecified atom stereocenters. The van der Waals surface area contributed by atoms with Crippen molar-refractivity contribution in [2.24, 2.45) is 5.92 Å². The van der Waals surface area contributed by atoms with Crippen LogP contribution in [0.25, 0.3) is 0 Å². The van der Waals surface area contributed by atoms with E-state index in [-0.39, 0.29) is 30.0 Å². The van der Waals surface area contributed by atoms with Gasteiger partial charge < -0.3 is 4.90 Å². The van der Waals surface area contributed by atoms with Crippen molar-refractivity contribution in [2.45, 2.75) is 44.9 Å². The summed E-state index contributed by atoms with van der Waals surface area (Å²) in [6.07, 6.45) is 2.01. The van der Waals surface area contributed by atoms with E-state index in [1.807, 2.05) is 17.9 Å². The predicted molar refractivity (Wildman–Crippen MR) is 70.8 cm³/mol. The molecule has 1 amide bonds. The Bertz CT molecular complexity index is 501. The van der Waals surface area contributed by atoms with Gasteiger partial charge in [0.05, 0.1) is 6.04 Å². The molecule has 1 saturated heterocycles. The zero-order chi connectivity index (χ0) is 13.6. The van der Waals surface area contributed by atoms with Gasteiger partial charge in [-0.1, -0.05) is 18.2 Å². The van der Waals surface area contributed by atoms with E-state index < -0.39 is 0 Å². The minimum Gasteiger partial charge on any atom is -0.318 e. The molecule has 1 aliphatic heterocycles. The van der Waals surface area contributed by atoms with Gasteiger partial charge in [0.2, 0.25) is 5.91 Å². The highest BCUT2D eigenvalue weighted by atomic mass is 19.1. The van der Waals surface area contributed by atoms with Crippen LogP contribution >= 0.6 is 0 Å². The summed E-state index contributed by atoms with van der Waals surface area (Å²) in [5, 5.41) is 3.21. The van der Waals surface area contributed by atoms with Crippen LogP contribution in [0.15, 0.2) is 24.3 Å². The second-order valence-corrected chi connectivity index (χ2v) is 5.64. The maximum Gasteiger partial charge on any atom is 0.241 e. The standard InChI is InChI=1S/C15H19FN2O/c1-9-15(19)18(10(2)11-7-8-11)14(17-9)12-5-3-4-6-13(12)16/h3-6,9-11,14,17H,7-8H2,1-2H3. The number of hydrogen-bond donors (Lipinski definition) is 1. The Morgan fingerprint density at radius 3 is 2.68 bits per heavy atom. The van der Waals surface area contributed by atoms with Crippen molar-refractivity contribution >= 4 is 5.91 Å². The number of amides is 1. The minimum absolute atomic E-state index is 0.0765. The molecule has 0 bridgehead atoms. The molecule has 1 saturated carbocycles. The van der Waals surface area contributed by atoms with Crippen molar-refractivity contribution in [3.05, 3.63) is 35.6 Å². The number of nitrogens with zero attached hydrogens (tertiary/aromatic N) is 1. The van der Waals surface area contributed by atoms with Gasteiger partial charge >= 0.3 is 0 Å². The Morgan fingerprint density at radius 1 is 1.37 bits per heavy atom. The minimum atomic E-state index is -0.334. The van der Waals surface area contributed by atoms with Gasteiger partial charge in [-0.15, -0.1) is 0 Å². The lowest BCUT2D eigenvalue weighted by Crippen LogP contribution is -2.39. The first-order valence-electron chi connectivity index (χ1n) is 6.92. The van der Waals surface area contributed by atoms with Gasteiger partial charge in [-0.3, -0.25) is 10.1 Å². The molecular weight excluding hydrogens is 243 g/mol. The summed E-state index contributed by atoms with van der Waals surface area (Å²) in [6, 6.07) is 6.62. The molecular formula is C15H19FN2O. The summed E-state index contributed by atoms with van der Waals surface area (Å²) >= 11 is 0. The number of benzene rings is 1. The van der Waals surface area contributed by atoms with Crippen molar-refractivity contribution in [3.63, 3.8) is 0 Å². The number of hydrogen-bond acceptors (Lipinski definition) is 2. The molecule has 4 heteroatoms. The van der Waals surface area contributed by atoms with E-state index in [9.17, 15) is 9.18 Å². The van der Waals surface area contributed by atoms with E-state index in [1.165, 1.54) is 18.9 Å². The molecule has 3 nitrogen and oxygen atoms in total. The molecule has 0 radical (unpaired) electrons. The molecule has 19 heavy (non-hydrogen) atoms. The fraction of sp³-hybridized carbons (Fsp3) is 0.533. The molecule has 3 atom stereocenters. The highest BCUT2D eigenvalue weighted by Crippen LogP contribution is 2.40. The Hall–Kier alpha value is -1.42. The maximum absolute atomic E-state index is 14.0. The molecule has 3 rings (SSSR count). The Morgan fingerprint density at radius 2 is 2.05 bits per heavy atom. The van der Waals surface area contributed by atoms with Crippen molar-refractivity contribution < 1.29 is 9.18 Å². The summed E-state index contributed by atoms with van der Waals surface area (Å²) in [5.74, 6) is 0.396. The third-order valence-corrected chi connectivity index (χ3v) is 4.25. The molecule has 0 aromatic heterocycles. The van der Waals surface area contributed by atoms with Crippen molar-refractivity contribution in [3.8, 4) is 0 Å². The molecule has 1 N–H and O–H groups in total.